The van der Waals surface area contributed by atoms with Crippen LogP contribution in [-0.4, -0.2) is 52.2 Å². The molecular weight excluding hydrogens is 392 g/mol. The van der Waals surface area contributed by atoms with Crippen molar-refractivity contribution in [1.82, 2.24) is 9.62 Å². The summed E-state index contributed by atoms with van der Waals surface area (Å²) in [4.78, 5) is 12.5. The topological polar surface area (TPSA) is 84.9 Å². The Morgan fingerprint density at radius 1 is 1.07 bits per heavy atom. The van der Waals surface area contributed by atoms with Crippen molar-refractivity contribution in [3.05, 3.63) is 59.7 Å². The molecule has 0 fully saturated rings. The number of nitrogens with one attached hydrogen (secondary N) is 1. The molecule has 0 aliphatic heterocycles. The molecule has 0 spiro atoms. The summed E-state index contributed by atoms with van der Waals surface area (Å²) in [6.45, 7) is 1.83. The minimum Gasteiger partial charge on any atom is -0.493 e. The zero-order valence-electron chi connectivity index (χ0n) is 17.2. The van der Waals surface area contributed by atoms with Crippen LogP contribution in [0.5, 0.6) is 11.5 Å². The SMILES string of the molecule is COc1ccc([C@@H](C)NC(=O)CN(CCc2ccccc2)S(C)(=O)=O)cc1OC. The Hall–Kier alpha value is -2.58. The second kappa shape index (κ2) is 10.3. The van der Waals surface area contributed by atoms with Crippen molar-refractivity contribution in [2.75, 3.05) is 33.6 Å². The van der Waals surface area contributed by atoms with Gasteiger partial charge in [-0.3, -0.25) is 4.79 Å². The first-order valence-corrected chi connectivity index (χ1v) is 11.1. The summed E-state index contributed by atoms with van der Waals surface area (Å²) in [5.74, 6) is 0.788. The quantitative estimate of drug-likeness (QED) is 0.638. The van der Waals surface area contributed by atoms with E-state index in [4.69, 9.17) is 9.47 Å². The maximum absolute atomic E-state index is 12.5. The van der Waals surface area contributed by atoms with E-state index in [0.29, 0.717) is 17.9 Å². The van der Waals surface area contributed by atoms with Crippen LogP contribution in [0.2, 0.25) is 0 Å². The van der Waals surface area contributed by atoms with Crippen molar-refractivity contribution in [2.24, 2.45) is 0 Å². The second-order valence-corrected chi connectivity index (χ2v) is 8.72. The van der Waals surface area contributed by atoms with Gasteiger partial charge in [0.1, 0.15) is 0 Å². The number of hydrogen-bond acceptors (Lipinski definition) is 5. The summed E-state index contributed by atoms with van der Waals surface area (Å²) in [5.41, 5.74) is 1.84. The number of rotatable bonds is 10. The second-order valence-electron chi connectivity index (χ2n) is 6.74. The van der Waals surface area contributed by atoms with Crippen LogP contribution in [0.4, 0.5) is 0 Å². The molecule has 0 saturated heterocycles. The number of nitrogens with zero attached hydrogens (tertiary/aromatic N) is 1. The number of benzene rings is 2. The molecule has 2 aromatic rings. The van der Waals surface area contributed by atoms with Crippen LogP contribution < -0.4 is 14.8 Å². The molecule has 1 amide bonds. The number of carbonyl (C=O) groups excluding carboxylic acids is 1. The lowest BCUT2D eigenvalue weighted by atomic mass is 10.1. The number of hydrogen-bond donors (Lipinski definition) is 1. The molecule has 158 valence electrons. The van der Waals surface area contributed by atoms with E-state index in [9.17, 15) is 13.2 Å². The highest BCUT2D eigenvalue weighted by molar-refractivity contribution is 7.88. The summed E-state index contributed by atoms with van der Waals surface area (Å²) >= 11 is 0. The summed E-state index contributed by atoms with van der Waals surface area (Å²) in [6, 6.07) is 14.6. The standard InChI is InChI=1S/C21H28N2O5S/c1-16(18-10-11-19(27-2)20(14-18)28-3)22-21(24)15-23(29(4,25)26)13-12-17-8-6-5-7-9-17/h5-11,14,16H,12-13,15H2,1-4H3,(H,22,24)/t16-/m1/s1. The Kier molecular flexibility index (Phi) is 8.04. The van der Waals surface area contributed by atoms with Crippen LogP contribution in [-0.2, 0) is 21.2 Å². The average Bonchev–Trinajstić information content (AvgIpc) is 2.70. The number of methoxy groups -OCH3 is 2. The van der Waals surface area contributed by atoms with Crippen LogP contribution in [0.15, 0.2) is 48.5 Å². The summed E-state index contributed by atoms with van der Waals surface area (Å²) in [5, 5.41) is 2.84. The fraction of sp³-hybridized carbons (Fsp3) is 0.381. The van der Waals surface area contributed by atoms with Gasteiger partial charge in [0, 0.05) is 6.54 Å². The minimum absolute atomic E-state index is 0.233. The van der Waals surface area contributed by atoms with E-state index in [2.05, 4.69) is 5.32 Å². The molecule has 1 N–H and O–H groups in total. The van der Waals surface area contributed by atoms with Gasteiger partial charge < -0.3 is 14.8 Å². The van der Waals surface area contributed by atoms with Crippen molar-refractivity contribution in [2.45, 2.75) is 19.4 Å². The van der Waals surface area contributed by atoms with Gasteiger partial charge in [-0.2, -0.15) is 4.31 Å². The monoisotopic (exact) mass is 420 g/mol. The number of ether oxygens (including phenoxy) is 2. The maximum atomic E-state index is 12.5. The Bertz CT molecular complexity index is 916. The number of amides is 1. The van der Waals surface area contributed by atoms with E-state index in [1.807, 2.05) is 43.3 Å². The smallest absolute Gasteiger partial charge is 0.235 e. The first-order valence-electron chi connectivity index (χ1n) is 9.25. The molecule has 2 rings (SSSR count). The third-order valence-corrected chi connectivity index (χ3v) is 5.82. The lowest BCUT2D eigenvalue weighted by Crippen LogP contribution is -2.41. The molecule has 0 aliphatic rings. The zero-order chi connectivity index (χ0) is 21.4. The van der Waals surface area contributed by atoms with E-state index in [1.54, 1.807) is 26.4 Å². The highest BCUT2D eigenvalue weighted by Gasteiger charge is 2.21. The molecule has 2 aromatic carbocycles. The van der Waals surface area contributed by atoms with Crippen molar-refractivity contribution in [3.8, 4) is 11.5 Å². The van der Waals surface area contributed by atoms with Gasteiger partial charge in [-0.05, 0) is 36.6 Å². The van der Waals surface area contributed by atoms with Crippen LogP contribution in [0.3, 0.4) is 0 Å². The molecule has 0 saturated carbocycles. The van der Waals surface area contributed by atoms with E-state index in [0.717, 1.165) is 17.4 Å². The average molecular weight is 421 g/mol. The zero-order valence-corrected chi connectivity index (χ0v) is 18.0. The van der Waals surface area contributed by atoms with Gasteiger partial charge in [0.15, 0.2) is 11.5 Å². The van der Waals surface area contributed by atoms with E-state index < -0.39 is 10.0 Å². The molecule has 0 heterocycles. The molecular formula is C21H28N2O5S. The van der Waals surface area contributed by atoms with Gasteiger partial charge in [-0.1, -0.05) is 36.4 Å². The third-order valence-electron chi connectivity index (χ3n) is 4.57. The van der Waals surface area contributed by atoms with Crippen molar-refractivity contribution in [1.29, 1.82) is 0 Å². The predicted octanol–water partition coefficient (Wildman–Crippen LogP) is 2.39. The number of sulfonamides is 1. The Balaban J connectivity index is 2.02. The van der Waals surface area contributed by atoms with Gasteiger partial charge in [-0.15, -0.1) is 0 Å². The van der Waals surface area contributed by atoms with Gasteiger partial charge in [0.25, 0.3) is 0 Å². The third kappa shape index (κ3) is 6.76. The first kappa shape index (κ1) is 22.7. The van der Waals surface area contributed by atoms with Crippen LogP contribution in [0.25, 0.3) is 0 Å². The largest absolute Gasteiger partial charge is 0.493 e. The maximum Gasteiger partial charge on any atom is 0.235 e. The summed E-state index contributed by atoms with van der Waals surface area (Å²) < 4.78 is 35.9. The van der Waals surface area contributed by atoms with Crippen LogP contribution in [0, 0.1) is 0 Å². The molecule has 8 heteroatoms. The van der Waals surface area contributed by atoms with E-state index in [-0.39, 0.29) is 25.0 Å². The van der Waals surface area contributed by atoms with Crippen LogP contribution >= 0.6 is 0 Å². The van der Waals surface area contributed by atoms with Gasteiger partial charge >= 0.3 is 0 Å². The Labute approximate surface area is 172 Å². The summed E-state index contributed by atoms with van der Waals surface area (Å²) in [6.07, 6.45) is 1.65. The highest BCUT2D eigenvalue weighted by atomic mass is 32.2. The van der Waals surface area contributed by atoms with E-state index >= 15 is 0 Å². The lowest BCUT2D eigenvalue weighted by molar-refractivity contribution is -0.121. The Morgan fingerprint density at radius 3 is 2.31 bits per heavy atom. The van der Waals surface area contributed by atoms with Crippen LogP contribution in [0.1, 0.15) is 24.1 Å². The molecule has 1 atom stereocenters. The fourth-order valence-corrected chi connectivity index (χ4v) is 3.69. The fourth-order valence-electron chi connectivity index (χ4n) is 2.91. The molecule has 0 unspecified atom stereocenters. The van der Waals surface area contributed by atoms with Gasteiger partial charge in [0.2, 0.25) is 15.9 Å². The highest BCUT2D eigenvalue weighted by Crippen LogP contribution is 2.29. The normalized spacial score (nSPS) is 12.4. The number of carbonyl (C=O) groups is 1. The molecule has 7 nitrogen and oxygen atoms in total. The Morgan fingerprint density at radius 2 is 1.72 bits per heavy atom. The molecule has 0 aromatic heterocycles. The van der Waals surface area contributed by atoms with Gasteiger partial charge in [-0.25, -0.2) is 8.42 Å². The molecule has 0 aliphatic carbocycles. The van der Waals surface area contributed by atoms with Gasteiger partial charge in [0.05, 0.1) is 33.1 Å². The first-order chi connectivity index (χ1) is 13.7. The summed E-state index contributed by atoms with van der Waals surface area (Å²) in [7, 11) is -0.417. The molecule has 29 heavy (non-hydrogen) atoms. The minimum atomic E-state index is -3.51. The van der Waals surface area contributed by atoms with Crippen molar-refractivity contribution >= 4 is 15.9 Å². The van der Waals surface area contributed by atoms with Crippen molar-refractivity contribution in [3.63, 3.8) is 0 Å². The predicted molar refractivity (Wildman–Crippen MR) is 113 cm³/mol. The lowest BCUT2D eigenvalue weighted by Gasteiger charge is -2.22. The molecule has 0 radical (unpaired) electrons. The van der Waals surface area contributed by atoms with E-state index in [1.165, 1.54) is 4.31 Å². The van der Waals surface area contributed by atoms with Crippen molar-refractivity contribution < 1.29 is 22.7 Å². The molecule has 0 bridgehead atoms.